The monoisotopic (exact) mass is 474 g/mol. The molecule has 1 aliphatic rings. The quantitative estimate of drug-likeness (QED) is 0.391. The predicted octanol–water partition coefficient (Wildman–Crippen LogP) is 6.76. The summed E-state index contributed by atoms with van der Waals surface area (Å²) in [7, 11) is 1.71. The third kappa shape index (κ3) is 5.48. The van der Waals surface area contributed by atoms with Gasteiger partial charge in [0.25, 0.3) is 0 Å². The summed E-state index contributed by atoms with van der Waals surface area (Å²) in [6, 6.07) is 22.3. The van der Waals surface area contributed by atoms with Crippen molar-refractivity contribution >= 4 is 40.5 Å². The van der Waals surface area contributed by atoms with Crippen molar-refractivity contribution in [1.29, 1.82) is 0 Å². The number of anilines is 1. The first kappa shape index (κ1) is 22.3. The molecule has 0 saturated carbocycles. The van der Waals surface area contributed by atoms with E-state index in [0.717, 1.165) is 49.1 Å². The Morgan fingerprint density at radius 1 is 0.903 bits per heavy atom. The van der Waals surface area contributed by atoms with Crippen LogP contribution in [0.25, 0.3) is 0 Å². The summed E-state index contributed by atoms with van der Waals surface area (Å²) >= 11 is 18.9. The summed E-state index contributed by atoms with van der Waals surface area (Å²) in [5, 5.41) is 2.07. The highest BCUT2D eigenvalue weighted by Gasteiger charge is 2.29. The van der Waals surface area contributed by atoms with Crippen molar-refractivity contribution in [3.8, 4) is 5.75 Å². The largest absolute Gasteiger partial charge is 0.497 e. The van der Waals surface area contributed by atoms with E-state index in [4.69, 9.17) is 39.5 Å². The van der Waals surface area contributed by atoms with Crippen LogP contribution >= 0.6 is 34.8 Å². The molecule has 1 atom stereocenters. The zero-order valence-corrected chi connectivity index (χ0v) is 19.7. The van der Waals surface area contributed by atoms with Gasteiger partial charge in [-0.05, 0) is 60.0 Å². The Morgan fingerprint density at radius 2 is 1.68 bits per heavy atom. The van der Waals surface area contributed by atoms with Crippen LogP contribution in [0.15, 0.2) is 66.7 Å². The highest BCUT2D eigenvalue weighted by Crippen LogP contribution is 2.36. The van der Waals surface area contributed by atoms with Crippen molar-refractivity contribution in [3.05, 3.63) is 92.9 Å². The third-order valence-corrected chi connectivity index (χ3v) is 6.58. The summed E-state index contributed by atoms with van der Waals surface area (Å²) in [6.07, 6.45) is 0.978. The van der Waals surface area contributed by atoms with E-state index in [1.54, 1.807) is 7.11 Å². The average Bonchev–Trinajstić information content (AvgIpc) is 2.78. The van der Waals surface area contributed by atoms with E-state index < -0.39 is 0 Å². The average molecular weight is 476 g/mol. The van der Waals surface area contributed by atoms with Gasteiger partial charge in [0.05, 0.1) is 23.9 Å². The minimum absolute atomic E-state index is 0.176. The van der Waals surface area contributed by atoms with Crippen LogP contribution in [0.5, 0.6) is 5.75 Å². The number of nitrogens with zero attached hydrogens (tertiary/aromatic N) is 2. The van der Waals surface area contributed by atoms with Gasteiger partial charge in [-0.1, -0.05) is 59.1 Å². The summed E-state index contributed by atoms with van der Waals surface area (Å²) in [5.74, 6) is 0.902. The van der Waals surface area contributed by atoms with Crippen molar-refractivity contribution in [2.75, 3.05) is 38.2 Å². The van der Waals surface area contributed by atoms with Crippen molar-refractivity contribution in [2.24, 2.45) is 0 Å². The molecule has 1 saturated heterocycles. The van der Waals surface area contributed by atoms with Crippen LogP contribution in [-0.2, 0) is 6.42 Å². The molecule has 0 bridgehead atoms. The van der Waals surface area contributed by atoms with Gasteiger partial charge in [-0.25, -0.2) is 0 Å². The molecule has 4 rings (SSSR count). The van der Waals surface area contributed by atoms with Gasteiger partial charge in [0.1, 0.15) is 5.75 Å². The molecule has 1 aliphatic heterocycles. The fourth-order valence-corrected chi connectivity index (χ4v) is 4.77. The molecule has 162 valence electrons. The first-order valence-electron chi connectivity index (χ1n) is 10.4. The van der Waals surface area contributed by atoms with Gasteiger partial charge >= 0.3 is 0 Å². The molecule has 0 spiro atoms. The van der Waals surface area contributed by atoms with E-state index in [-0.39, 0.29) is 6.04 Å². The molecule has 0 amide bonds. The van der Waals surface area contributed by atoms with Gasteiger partial charge in [-0.3, -0.25) is 4.90 Å². The summed E-state index contributed by atoms with van der Waals surface area (Å²) in [6.45, 7) is 3.74. The van der Waals surface area contributed by atoms with Crippen LogP contribution in [0.4, 0.5) is 5.69 Å². The van der Waals surface area contributed by atoms with Crippen molar-refractivity contribution < 1.29 is 4.74 Å². The molecule has 6 heteroatoms. The maximum Gasteiger partial charge on any atom is 0.119 e. The molecule has 1 fully saturated rings. The van der Waals surface area contributed by atoms with Crippen molar-refractivity contribution in [3.63, 3.8) is 0 Å². The lowest BCUT2D eigenvalue weighted by molar-refractivity contribution is 0.226. The van der Waals surface area contributed by atoms with Crippen LogP contribution in [0.3, 0.4) is 0 Å². The maximum atomic E-state index is 6.57. The summed E-state index contributed by atoms with van der Waals surface area (Å²) in [5.41, 5.74) is 3.52. The second-order valence-corrected chi connectivity index (χ2v) is 9.04. The first-order valence-corrected chi connectivity index (χ1v) is 11.5. The van der Waals surface area contributed by atoms with Gasteiger partial charge in [0, 0.05) is 36.2 Å². The molecule has 0 N–H and O–H groups in total. The third-order valence-electron chi connectivity index (χ3n) is 5.79. The Balaban J connectivity index is 1.54. The Hall–Kier alpha value is -1.91. The maximum absolute atomic E-state index is 6.57. The number of hydrogen-bond acceptors (Lipinski definition) is 3. The standard InChI is InChI=1S/C25H25Cl3N2O/c1-31-22-4-2-3-18(15-22)11-12-29-13-14-30(24-10-9-21(27)16-23(24)28)25(17-29)19-5-7-20(26)8-6-19/h2-10,15-16,25H,11-14,17H2,1H3. The normalized spacial score (nSPS) is 17.0. The van der Waals surface area contributed by atoms with E-state index in [2.05, 4.69) is 34.1 Å². The number of halogens is 3. The lowest BCUT2D eigenvalue weighted by Gasteiger charge is -2.43. The molecule has 0 radical (unpaired) electrons. The summed E-state index contributed by atoms with van der Waals surface area (Å²) in [4.78, 5) is 4.89. The highest BCUT2D eigenvalue weighted by molar-refractivity contribution is 6.36. The number of rotatable bonds is 6. The molecule has 0 aliphatic carbocycles. The van der Waals surface area contributed by atoms with E-state index >= 15 is 0 Å². The van der Waals surface area contributed by atoms with Crippen LogP contribution in [0.1, 0.15) is 17.2 Å². The van der Waals surface area contributed by atoms with Crippen LogP contribution < -0.4 is 9.64 Å². The zero-order valence-electron chi connectivity index (χ0n) is 17.4. The minimum Gasteiger partial charge on any atom is -0.497 e. The second kappa shape index (κ2) is 10.1. The smallest absolute Gasteiger partial charge is 0.119 e. The number of benzene rings is 3. The molecule has 0 aromatic heterocycles. The number of methoxy groups -OCH3 is 1. The fraction of sp³-hybridized carbons (Fsp3) is 0.280. The molecule has 3 nitrogen and oxygen atoms in total. The van der Waals surface area contributed by atoms with Crippen LogP contribution in [0.2, 0.25) is 15.1 Å². The Kier molecular flexibility index (Phi) is 7.29. The second-order valence-electron chi connectivity index (χ2n) is 7.76. The fourth-order valence-electron chi connectivity index (χ4n) is 4.13. The van der Waals surface area contributed by atoms with Gasteiger partial charge in [-0.15, -0.1) is 0 Å². The molecule has 3 aromatic rings. The zero-order chi connectivity index (χ0) is 21.8. The van der Waals surface area contributed by atoms with Gasteiger partial charge in [0.15, 0.2) is 0 Å². The van der Waals surface area contributed by atoms with E-state index in [1.165, 1.54) is 11.1 Å². The van der Waals surface area contributed by atoms with Gasteiger partial charge in [0.2, 0.25) is 0 Å². The molecule has 1 unspecified atom stereocenters. The molecular weight excluding hydrogens is 451 g/mol. The molecule has 31 heavy (non-hydrogen) atoms. The number of hydrogen-bond donors (Lipinski definition) is 0. The van der Waals surface area contributed by atoms with Crippen LogP contribution in [-0.4, -0.2) is 38.2 Å². The minimum atomic E-state index is 0.176. The van der Waals surface area contributed by atoms with Crippen molar-refractivity contribution in [1.82, 2.24) is 4.90 Å². The van der Waals surface area contributed by atoms with E-state index in [1.807, 2.05) is 42.5 Å². The SMILES string of the molecule is COc1cccc(CCN2CCN(c3ccc(Cl)cc3Cl)C(c3ccc(Cl)cc3)C2)c1. The van der Waals surface area contributed by atoms with E-state index in [9.17, 15) is 0 Å². The summed E-state index contributed by atoms with van der Waals surface area (Å²) < 4.78 is 5.36. The first-order chi connectivity index (χ1) is 15.0. The van der Waals surface area contributed by atoms with Crippen LogP contribution in [0, 0.1) is 0 Å². The van der Waals surface area contributed by atoms with E-state index in [0.29, 0.717) is 10.0 Å². The predicted molar refractivity (Wildman–Crippen MR) is 131 cm³/mol. The highest BCUT2D eigenvalue weighted by atomic mass is 35.5. The topological polar surface area (TPSA) is 15.7 Å². The molecular formula is C25H25Cl3N2O. The number of ether oxygens (including phenoxy) is 1. The lowest BCUT2D eigenvalue weighted by Crippen LogP contribution is -2.49. The molecule has 1 heterocycles. The lowest BCUT2D eigenvalue weighted by atomic mass is 10.0. The number of piperazine rings is 1. The Morgan fingerprint density at radius 3 is 2.42 bits per heavy atom. The van der Waals surface area contributed by atoms with Crippen molar-refractivity contribution in [2.45, 2.75) is 12.5 Å². The molecule has 3 aromatic carbocycles. The Bertz CT molecular complexity index is 1030. The van der Waals surface area contributed by atoms with Gasteiger partial charge in [-0.2, -0.15) is 0 Å². The van der Waals surface area contributed by atoms with Gasteiger partial charge < -0.3 is 9.64 Å². The Labute approximate surface area is 199 Å².